The molecule has 230 valence electrons. The highest BCUT2D eigenvalue weighted by molar-refractivity contribution is 5.15. The molecule has 0 radical (unpaired) electrons. The lowest BCUT2D eigenvalue weighted by atomic mass is 9.96. The molecule has 5 unspecified atom stereocenters. The lowest BCUT2D eigenvalue weighted by molar-refractivity contribution is -0.364. The largest absolute Gasteiger partial charge is 0.394 e. The van der Waals surface area contributed by atoms with E-state index in [1.54, 1.807) is 33.2 Å². The summed E-state index contributed by atoms with van der Waals surface area (Å²) in [4.78, 5) is 9.50. The summed E-state index contributed by atoms with van der Waals surface area (Å²) in [5, 5.41) is 62.3. The monoisotopic (exact) mass is 576 g/mol. The molecule has 3 heterocycles. The molecular formula is C26H44N2O12. The first kappa shape index (κ1) is 33.1. The molecule has 2 aliphatic heterocycles. The number of aliphatic hydroxyl groups excluding tert-OH is 6. The Kier molecular flexibility index (Phi) is 12.6. The van der Waals surface area contributed by atoms with E-state index in [1.807, 2.05) is 13.0 Å². The number of nitrogens with one attached hydrogen (secondary N) is 1. The fourth-order valence-electron chi connectivity index (χ4n) is 4.48. The Bertz CT molecular complexity index is 885. The van der Waals surface area contributed by atoms with Crippen LogP contribution in [0.2, 0.25) is 0 Å². The molecule has 0 amide bonds. The maximum Gasteiger partial charge on any atom is 0.187 e. The van der Waals surface area contributed by atoms with Crippen LogP contribution in [0.5, 0.6) is 0 Å². The molecule has 40 heavy (non-hydrogen) atoms. The van der Waals surface area contributed by atoms with Crippen LogP contribution in [0.1, 0.15) is 38.3 Å². The highest BCUT2D eigenvalue weighted by atomic mass is 16.7. The summed E-state index contributed by atoms with van der Waals surface area (Å²) in [6.45, 7) is 6.96. The third kappa shape index (κ3) is 9.06. The van der Waals surface area contributed by atoms with Crippen LogP contribution in [0.4, 0.5) is 0 Å². The average molecular weight is 577 g/mol. The second-order valence-electron chi connectivity index (χ2n) is 11.0. The Hall–Kier alpha value is -1.37. The van der Waals surface area contributed by atoms with Crippen LogP contribution in [0, 0.1) is 6.92 Å². The first-order valence-electron chi connectivity index (χ1n) is 13.4. The molecule has 0 saturated carbocycles. The summed E-state index contributed by atoms with van der Waals surface area (Å²) in [6, 6.07) is 1.96. The van der Waals surface area contributed by atoms with Crippen molar-refractivity contribution < 1.29 is 59.2 Å². The van der Waals surface area contributed by atoms with Gasteiger partial charge in [-0.25, -0.2) is 5.48 Å². The van der Waals surface area contributed by atoms with Crippen molar-refractivity contribution in [1.29, 1.82) is 0 Å². The third-order valence-electron chi connectivity index (χ3n) is 6.40. The van der Waals surface area contributed by atoms with E-state index in [0.717, 1.165) is 11.1 Å². The van der Waals surface area contributed by atoms with Crippen molar-refractivity contribution in [3.63, 3.8) is 0 Å². The van der Waals surface area contributed by atoms with Crippen LogP contribution in [-0.2, 0) is 35.1 Å². The van der Waals surface area contributed by atoms with Gasteiger partial charge in [0.15, 0.2) is 12.6 Å². The Morgan fingerprint density at radius 3 is 2.17 bits per heavy atom. The fraction of sp³-hybridized carbons (Fsp3) is 0.808. The van der Waals surface area contributed by atoms with Crippen LogP contribution in [0.15, 0.2) is 18.5 Å². The van der Waals surface area contributed by atoms with E-state index < -0.39 is 80.2 Å². The van der Waals surface area contributed by atoms with Crippen molar-refractivity contribution in [2.75, 3.05) is 26.4 Å². The maximum absolute atomic E-state index is 10.8. The van der Waals surface area contributed by atoms with Gasteiger partial charge in [-0.3, -0.25) is 9.82 Å². The predicted octanol–water partition coefficient (Wildman–Crippen LogP) is -1.74. The first-order valence-corrected chi connectivity index (χ1v) is 13.4. The van der Waals surface area contributed by atoms with Crippen LogP contribution >= 0.6 is 0 Å². The van der Waals surface area contributed by atoms with E-state index in [2.05, 4.69) is 10.5 Å². The Labute approximate surface area is 233 Å². The number of rotatable bonds is 13. The van der Waals surface area contributed by atoms with E-state index in [-0.39, 0.29) is 6.61 Å². The minimum Gasteiger partial charge on any atom is -0.394 e. The Morgan fingerprint density at radius 2 is 1.52 bits per heavy atom. The number of nitrogens with zero attached hydrogens (tertiary/aromatic N) is 1. The Morgan fingerprint density at radius 1 is 0.900 bits per heavy atom. The summed E-state index contributed by atoms with van der Waals surface area (Å²) in [5.41, 5.74) is 4.07. The van der Waals surface area contributed by atoms with Crippen LogP contribution in [-0.4, -0.2) is 129 Å². The molecular weight excluding hydrogens is 532 g/mol. The van der Waals surface area contributed by atoms with Gasteiger partial charge in [-0.15, -0.1) is 0 Å². The normalized spacial score (nSPS) is 35.1. The average Bonchev–Trinajstić information content (AvgIpc) is 2.90. The highest BCUT2D eigenvalue weighted by Crippen LogP contribution is 2.31. The van der Waals surface area contributed by atoms with Crippen molar-refractivity contribution in [1.82, 2.24) is 10.5 Å². The van der Waals surface area contributed by atoms with Crippen molar-refractivity contribution in [3.05, 3.63) is 29.6 Å². The molecule has 14 nitrogen and oxygen atoms in total. The molecule has 1 aromatic heterocycles. The number of aryl methyl sites for hydroxylation is 1. The molecule has 0 aromatic carbocycles. The summed E-state index contributed by atoms with van der Waals surface area (Å²) in [7, 11) is 0. The standard InChI is InChI=1S/C26H44N2O12/c1-14-8-15(10-27-9-14)13-36-28-6-5-7-35-24-20(33)18(31)22(16(11-29)37-24)39-25-21(34)19(32)23(17(12-30)38-25)40-26(2,3)4/h8-10,16-25,28-34H,5-7,11-13H2,1-4H3/t16?,17?,18-,19-,20?,21?,22+,23?,24-,25+/m0/s1. The molecule has 14 heteroatoms. The van der Waals surface area contributed by atoms with Gasteiger partial charge in [0.25, 0.3) is 0 Å². The van der Waals surface area contributed by atoms with Gasteiger partial charge in [0.05, 0.1) is 32.0 Å². The van der Waals surface area contributed by atoms with E-state index >= 15 is 0 Å². The first-order chi connectivity index (χ1) is 18.9. The van der Waals surface area contributed by atoms with Crippen molar-refractivity contribution in [2.45, 2.75) is 108 Å². The number of ether oxygens (including phenoxy) is 5. The lowest BCUT2D eigenvalue weighted by Gasteiger charge is -2.47. The molecule has 7 N–H and O–H groups in total. The van der Waals surface area contributed by atoms with Gasteiger partial charge >= 0.3 is 0 Å². The minimum atomic E-state index is -1.62. The number of hydroxylamine groups is 1. The SMILES string of the molecule is Cc1cncc(CONCCCO[C@H]2OC(CO)[C@@H](O[C@H]3OC(CO)C(OC(C)(C)C)[C@@H](O)C3O)[C@@H](O)C2O)c1. The molecule has 1 aromatic rings. The van der Waals surface area contributed by atoms with E-state index in [9.17, 15) is 30.6 Å². The summed E-state index contributed by atoms with van der Waals surface area (Å²) in [5.74, 6) is 0. The quantitative estimate of drug-likeness (QED) is 0.103. The second kappa shape index (κ2) is 15.2. The molecule has 0 spiro atoms. The molecule has 0 aliphatic carbocycles. The highest BCUT2D eigenvalue weighted by Gasteiger charge is 2.51. The molecule has 10 atom stereocenters. The molecule has 0 bridgehead atoms. The van der Waals surface area contributed by atoms with Crippen molar-refractivity contribution in [2.24, 2.45) is 0 Å². The van der Waals surface area contributed by atoms with Crippen molar-refractivity contribution >= 4 is 0 Å². The smallest absolute Gasteiger partial charge is 0.187 e. The minimum absolute atomic E-state index is 0.143. The third-order valence-corrected chi connectivity index (χ3v) is 6.40. The topological polar surface area (TPSA) is 202 Å². The summed E-state index contributed by atoms with van der Waals surface area (Å²) in [6.07, 6.45) is -9.69. The van der Waals surface area contributed by atoms with Gasteiger partial charge in [-0.2, -0.15) is 0 Å². The number of pyridine rings is 1. The van der Waals surface area contributed by atoms with Gasteiger partial charge in [0.1, 0.15) is 48.8 Å². The van der Waals surface area contributed by atoms with Crippen LogP contribution < -0.4 is 5.48 Å². The summed E-state index contributed by atoms with van der Waals surface area (Å²) < 4.78 is 28.3. The number of aromatic nitrogens is 1. The zero-order chi connectivity index (χ0) is 29.4. The molecule has 2 fully saturated rings. The van der Waals surface area contributed by atoms with Crippen LogP contribution in [0.25, 0.3) is 0 Å². The van der Waals surface area contributed by atoms with Gasteiger partial charge in [-0.1, -0.05) is 6.07 Å². The molecule has 3 rings (SSSR count). The van der Waals surface area contributed by atoms with Crippen molar-refractivity contribution in [3.8, 4) is 0 Å². The lowest BCUT2D eigenvalue weighted by Crippen LogP contribution is -2.65. The molecule has 2 aliphatic rings. The van der Waals surface area contributed by atoms with Gasteiger partial charge in [-0.05, 0) is 45.2 Å². The van der Waals surface area contributed by atoms with Gasteiger partial charge in [0.2, 0.25) is 0 Å². The second-order valence-corrected chi connectivity index (χ2v) is 11.0. The fourth-order valence-corrected chi connectivity index (χ4v) is 4.48. The predicted molar refractivity (Wildman–Crippen MR) is 137 cm³/mol. The Balaban J connectivity index is 1.47. The van der Waals surface area contributed by atoms with E-state index in [4.69, 9.17) is 28.5 Å². The van der Waals surface area contributed by atoms with E-state index in [0.29, 0.717) is 19.6 Å². The zero-order valence-electron chi connectivity index (χ0n) is 23.3. The van der Waals surface area contributed by atoms with Gasteiger partial charge < -0.3 is 54.3 Å². The van der Waals surface area contributed by atoms with Gasteiger partial charge in [0, 0.05) is 18.9 Å². The maximum atomic E-state index is 10.8. The zero-order valence-corrected chi connectivity index (χ0v) is 23.3. The van der Waals surface area contributed by atoms with E-state index in [1.165, 1.54) is 0 Å². The van der Waals surface area contributed by atoms with Crippen LogP contribution in [0.3, 0.4) is 0 Å². The summed E-state index contributed by atoms with van der Waals surface area (Å²) >= 11 is 0. The molecule has 2 saturated heterocycles. The number of hydrogen-bond acceptors (Lipinski definition) is 14. The number of hydrogen-bond donors (Lipinski definition) is 7. The number of aliphatic hydroxyl groups is 6.